The lowest BCUT2D eigenvalue weighted by molar-refractivity contribution is 0.669. The maximum absolute atomic E-state index is 6.29. The molecule has 0 saturated carbocycles. The molecule has 0 aliphatic rings. The molecule has 0 amide bonds. The van der Waals surface area contributed by atoms with E-state index in [0.717, 1.165) is 93.9 Å². The molecule has 11 rings (SSSR count). The SMILES string of the molecule is c1ccc(-c2ccc(-c3nc(-c4cc(-c5ccccc5)cc(-c5ccc6oc7ccccc7c6c5)c4-c4ccccc4)nc(-c4cccc5ccccc45)n3)cc2)cc1. The number of fused-ring (bicyclic) bond motifs is 4. The molecule has 11 aromatic rings. The van der Waals surface area contributed by atoms with E-state index < -0.39 is 0 Å². The van der Waals surface area contributed by atoms with E-state index in [1.165, 1.54) is 0 Å². The van der Waals surface area contributed by atoms with E-state index in [-0.39, 0.29) is 0 Å². The zero-order valence-corrected chi connectivity index (χ0v) is 32.0. The van der Waals surface area contributed by atoms with Crippen LogP contribution in [0.3, 0.4) is 0 Å². The Bertz CT molecular complexity index is 3300. The van der Waals surface area contributed by atoms with Gasteiger partial charge in [0.05, 0.1) is 0 Å². The molecule has 0 atom stereocenters. The first kappa shape index (κ1) is 34.3. The van der Waals surface area contributed by atoms with Gasteiger partial charge in [0.2, 0.25) is 0 Å². The van der Waals surface area contributed by atoms with Gasteiger partial charge < -0.3 is 4.42 Å². The Morgan fingerprint density at radius 1 is 0.271 bits per heavy atom. The molecule has 9 aromatic carbocycles. The fourth-order valence-electron chi connectivity index (χ4n) is 8.26. The Labute approximate surface area is 341 Å². The first-order valence-electron chi connectivity index (χ1n) is 19.8. The molecule has 0 aliphatic carbocycles. The summed E-state index contributed by atoms with van der Waals surface area (Å²) >= 11 is 0. The van der Waals surface area contributed by atoms with E-state index in [1.54, 1.807) is 0 Å². The van der Waals surface area contributed by atoms with Crippen molar-refractivity contribution < 1.29 is 4.42 Å². The Hall–Kier alpha value is -7.95. The van der Waals surface area contributed by atoms with Gasteiger partial charge in [-0.15, -0.1) is 0 Å². The van der Waals surface area contributed by atoms with Gasteiger partial charge in [0.1, 0.15) is 11.2 Å². The lowest BCUT2D eigenvalue weighted by Crippen LogP contribution is -2.02. The van der Waals surface area contributed by atoms with Crippen molar-refractivity contribution in [3.63, 3.8) is 0 Å². The summed E-state index contributed by atoms with van der Waals surface area (Å²) in [5.41, 5.74) is 13.2. The van der Waals surface area contributed by atoms with E-state index in [4.69, 9.17) is 19.4 Å². The van der Waals surface area contributed by atoms with Crippen molar-refractivity contribution in [2.75, 3.05) is 0 Å². The highest BCUT2D eigenvalue weighted by Crippen LogP contribution is 2.44. The first-order valence-corrected chi connectivity index (χ1v) is 19.8. The zero-order valence-electron chi connectivity index (χ0n) is 32.0. The number of furan rings is 1. The second kappa shape index (κ2) is 14.5. The largest absolute Gasteiger partial charge is 0.456 e. The number of rotatable bonds is 7. The van der Waals surface area contributed by atoms with Crippen LogP contribution in [0.1, 0.15) is 0 Å². The van der Waals surface area contributed by atoms with E-state index in [2.05, 4.69) is 194 Å². The Morgan fingerprint density at radius 3 is 1.53 bits per heavy atom. The summed E-state index contributed by atoms with van der Waals surface area (Å²) in [5, 5.41) is 4.37. The summed E-state index contributed by atoms with van der Waals surface area (Å²) in [7, 11) is 0. The number of nitrogens with zero attached hydrogens (tertiary/aromatic N) is 3. The average Bonchev–Trinajstić information content (AvgIpc) is 3.70. The third kappa shape index (κ3) is 6.34. The van der Waals surface area contributed by atoms with Gasteiger partial charge in [-0.2, -0.15) is 0 Å². The first-order chi connectivity index (χ1) is 29.2. The van der Waals surface area contributed by atoms with Crippen molar-refractivity contribution in [2.45, 2.75) is 0 Å². The van der Waals surface area contributed by atoms with Crippen molar-refractivity contribution in [2.24, 2.45) is 0 Å². The summed E-state index contributed by atoms with van der Waals surface area (Å²) in [5.74, 6) is 1.82. The molecule has 0 N–H and O–H groups in total. The molecular formula is C55H35N3O. The van der Waals surface area contributed by atoms with Crippen molar-refractivity contribution in [1.82, 2.24) is 15.0 Å². The van der Waals surface area contributed by atoms with E-state index in [9.17, 15) is 0 Å². The van der Waals surface area contributed by atoms with Crippen molar-refractivity contribution in [3.05, 3.63) is 212 Å². The third-order valence-electron chi connectivity index (χ3n) is 11.2. The zero-order chi connectivity index (χ0) is 39.1. The fraction of sp³-hybridized carbons (Fsp3) is 0. The van der Waals surface area contributed by atoms with Gasteiger partial charge >= 0.3 is 0 Å². The van der Waals surface area contributed by atoms with Crippen LogP contribution in [0.15, 0.2) is 217 Å². The minimum Gasteiger partial charge on any atom is -0.456 e. The highest BCUT2D eigenvalue weighted by Gasteiger charge is 2.22. The minimum absolute atomic E-state index is 0.595. The summed E-state index contributed by atoms with van der Waals surface area (Å²) in [6.45, 7) is 0. The molecule has 2 heterocycles. The topological polar surface area (TPSA) is 51.8 Å². The Balaban J connectivity index is 1.20. The minimum atomic E-state index is 0.595. The monoisotopic (exact) mass is 753 g/mol. The summed E-state index contributed by atoms with van der Waals surface area (Å²) < 4.78 is 6.29. The second-order valence-electron chi connectivity index (χ2n) is 14.8. The van der Waals surface area contributed by atoms with Crippen LogP contribution in [0.5, 0.6) is 0 Å². The van der Waals surface area contributed by atoms with E-state index >= 15 is 0 Å². The molecule has 0 fully saturated rings. The number of aromatic nitrogens is 3. The van der Waals surface area contributed by atoms with Gasteiger partial charge in [-0.05, 0) is 80.0 Å². The molecule has 2 aromatic heterocycles. The quantitative estimate of drug-likeness (QED) is 0.163. The standard InChI is InChI=1S/C55H35N3O/c1-4-15-36(16-5-1)38-27-29-41(30-28-38)53-56-54(46-25-14-22-39-19-10-11-23-44(39)46)58-55(57-53)49-35-43(37-17-6-2-7-18-37)34-47(52(49)40-20-8-3-9-21-40)42-31-32-51-48(33-42)45-24-12-13-26-50(45)59-51/h1-35H. The van der Waals surface area contributed by atoms with Crippen LogP contribution in [0, 0.1) is 0 Å². The predicted octanol–water partition coefficient (Wildman–Crippen LogP) is 14.6. The lowest BCUT2D eigenvalue weighted by Gasteiger charge is -2.19. The number of hydrogen-bond acceptors (Lipinski definition) is 4. The molecule has 0 unspecified atom stereocenters. The summed E-state index contributed by atoms with van der Waals surface area (Å²) in [4.78, 5) is 16.0. The Morgan fingerprint density at radius 2 is 0.780 bits per heavy atom. The van der Waals surface area contributed by atoms with E-state index in [1.807, 2.05) is 18.2 Å². The smallest absolute Gasteiger partial charge is 0.164 e. The molecule has 0 bridgehead atoms. The molecule has 0 saturated heterocycles. The molecular weight excluding hydrogens is 719 g/mol. The van der Waals surface area contributed by atoms with Gasteiger partial charge in [0.15, 0.2) is 17.5 Å². The van der Waals surface area contributed by atoms with E-state index in [0.29, 0.717) is 17.5 Å². The van der Waals surface area contributed by atoms with Gasteiger partial charge in [-0.3, -0.25) is 0 Å². The summed E-state index contributed by atoms with van der Waals surface area (Å²) in [6.07, 6.45) is 0. The van der Waals surface area contributed by atoms with Gasteiger partial charge in [-0.25, -0.2) is 15.0 Å². The lowest BCUT2D eigenvalue weighted by atomic mass is 9.86. The van der Waals surface area contributed by atoms with Crippen LogP contribution in [-0.2, 0) is 0 Å². The molecule has 4 heteroatoms. The second-order valence-corrected chi connectivity index (χ2v) is 14.8. The Kier molecular flexibility index (Phi) is 8.45. The van der Waals surface area contributed by atoms with Crippen LogP contribution in [0.2, 0.25) is 0 Å². The van der Waals surface area contributed by atoms with Gasteiger partial charge in [0.25, 0.3) is 0 Å². The number of para-hydroxylation sites is 1. The van der Waals surface area contributed by atoms with Crippen LogP contribution in [0.25, 0.3) is 111 Å². The van der Waals surface area contributed by atoms with Crippen LogP contribution >= 0.6 is 0 Å². The number of benzene rings is 9. The van der Waals surface area contributed by atoms with Gasteiger partial charge in [-0.1, -0.05) is 182 Å². The van der Waals surface area contributed by atoms with Crippen LogP contribution in [0.4, 0.5) is 0 Å². The van der Waals surface area contributed by atoms with Gasteiger partial charge in [0, 0.05) is 33.0 Å². The molecule has 0 aliphatic heterocycles. The van der Waals surface area contributed by atoms with Crippen LogP contribution in [-0.4, -0.2) is 15.0 Å². The molecule has 276 valence electrons. The molecule has 0 radical (unpaired) electrons. The number of hydrogen-bond donors (Lipinski definition) is 0. The average molecular weight is 754 g/mol. The summed E-state index contributed by atoms with van der Waals surface area (Å²) in [6, 6.07) is 74.1. The normalized spacial score (nSPS) is 11.4. The van der Waals surface area contributed by atoms with Crippen molar-refractivity contribution in [1.29, 1.82) is 0 Å². The fourth-order valence-corrected chi connectivity index (χ4v) is 8.26. The predicted molar refractivity (Wildman–Crippen MR) is 243 cm³/mol. The van der Waals surface area contributed by atoms with Crippen LogP contribution < -0.4 is 0 Å². The molecule has 0 spiro atoms. The molecule has 4 nitrogen and oxygen atoms in total. The van der Waals surface area contributed by atoms with Crippen molar-refractivity contribution >= 4 is 32.7 Å². The molecule has 59 heavy (non-hydrogen) atoms. The van der Waals surface area contributed by atoms with Crippen molar-refractivity contribution in [3.8, 4) is 78.7 Å². The maximum atomic E-state index is 6.29. The third-order valence-corrected chi connectivity index (χ3v) is 11.2. The maximum Gasteiger partial charge on any atom is 0.164 e. The highest BCUT2D eigenvalue weighted by molar-refractivity contribution is 6.07. The highest BCUT2D eigenvalue weighted by atomic mass is 16.3.